The van der Waals surface area contributed by atoms with Crippen molar-refractivity contribution in [3.05, 3.63) is 59.0 Å². The maximum atomic E-state index is 13.2. The van der Waals surface area contributed by atoms with Gasteiger partial charge >= 0.3 is 0 Å². The maximum absolute atomic E-state index is 13.2. The molecule has 0 saturated carbocycles. The summed E-state index contributed by atoms with van der Waals surface area (Å²) in [6, 6.07) is 12.4. The lowest BCUT2D eigenvalue weighted by Crippen LogP contribution is -2.47. The van der Waals surface area contributed by atoms with E-state index in [0.29, 0.717) is 5.69 Å². The molecule has 1 saturated heterocycles. The number of H-pyrrole nitrogens is 1. The van der Waals surface area contributed by atoms with Crippen molar-refractivity contribution in [1.29, 1.82) is 0 Å². The van der Waals surface area contributed by atoms with Crippen LogP contribution in [0.2, 0.25) is 0 Å². The molecule has 2 aromatic heterocycles. The first-order valence-corrected chi connectivity index (χ1v) is 9.80. The van der Waals surface area contributed by atoms with Crippen LogP contribution in [0.1, 0.15) is 47.2 Å². The number of aromatic amines is 1. The van der Waals surface area contributed by atoms with Crippen molar-refractivity contribution in [3.8, 4) is 11.3 Å². The molecule has 1 aromatic carbocycles. The number of likely N-dealkylation sites (tertiary alicyclic amines) is 1. The molecule has 6 heteroatoms. The SMILES string of the molecule is Cc1nn(C)c(C)c1-c1cc(C(=O)N2CCC[C@](C)(c3ccccc3)C2)[nH]n1. The Bertz CT molecular complexity index is 1000. The lowest BCUT2D eigenvalue weighted by Gasteiger charge is -2.40. The number of aromatic nitrogens is 4. The highest BCUT2D eigenvalue weighted by molar-refractivity contribution is 5.93. The molecular formula is C22H27N5O. The van der Waals surface area contributed by atoms with Crippen LogP contribution < -0.4 is 0 Å². The molecule has 1 atom stereocenters. The van der Waals surface area contributed by atoms with Gasteiger partial charge in [0.05, 0.1) is 11.4 Å². The molecule has 3 aromatic rings. The van der Waals surface area contributed by atoms with Crippen molar-refractivity contribution < 1.29 is 4.79 Å². The van der Waals surface area contributed by atoms with Crippen molar-refractivity contribution >= 4 is 5.91 Å². The highest BCUT2D eigenvalue weighted by Crippen LogP contribution is 2.34. The fraction of sp³-hybridized carbons (Fsp3) is 0.409. The second-order valence-corrected chi connectivity index (χ2v) is 8.09. The first kappa shape index (κ1) is 18.5. The predicted octanol–water partition coefficient (Wildman–Crippen LogP) is 3.62. The number of carbonyl (C=O) groups is 1. The molecule has 0 unspecified atom stereocenters. The summed E-state index contributed by atoms with van der Waals surface area (Å²) in [5.41, 5.74) is 5.53. The van der Waals surface area contributed by atoms with E-state index in [-0.39, 0.29) is 11.3 Å². The van der Waals surface area contributed by atoms with Crippen LogP contribution in [0.5, 0.6) is 0 Å². The third kappa shape index (κ3) is 3.13. The van der Waals surface area contributed by atoms with Gasteiger partial charge in [-0.25, -0.2) is 0 Å². The molecule has 1 fully saturated rings. The van der Waals surface area contributed by atoms with Crippen molar-refractivity contribution in [2.24, 2.45) is 7.05 Å². The zero-order valence-electron chi connectivity index (χ0n) is 17.0. The summed E-state index contributed by atoms with van der Waals surface area (Å²) in [6.07, 6.45) is 2.09. The molecule has 28 heavy (non-hydrogen) atoms. The number of nitrogens with zero attached hydrogens (tertiary/aromatic N) is 4. The molecule has 1 aliphatic rings. The Hall–Kier alpha value is -2.89. The van der Waals surface area contributed by atoms with Gasteiger partial charge in [-0.15, -0.1) is 0 Å². The summed E-state index contributed by atoms with van der Waals surface area (Å²) in [6.45, 7) is 7.73. The average Bonchev–Trinajstić information content (AvgIpc) is 3.26. The summed E-state index contributed by atoms with van der Waals surface area (Å²) in [4.78, 5) is 15.1. The summed E-state index contributed by atoms with van der Waals surface area (Å²) in [7, 11) is 1.92. The number of carbonyl (C=O) groups excluding carboxylic acids is 1. The number of nitrogens with one attached hydrogen (secondary N) is 1. The Labute approximate surface area is 165 Å². The summed E-state index contributed by atoms with van der Waals surface area (Å²) >= 11 is 0. The van der Waals surface area contributed by atoms with Gasteiger partial charge in [-0.3, -0.25) is 14.6 Å². The Morgan fingerprint density at radius 3 is 2.64 bits per heavy atom. The van der Waals surface area contributed by atoms with E-state index in [9.17, 15) is 4.79 Å². The summed E-state index contributed by atoms with van der Waals surface area (Å²) < 4.78 is 1.84. The van der Waals surface area contributed by atoms with E-state index in [2.05, 4.69) is 46.5 Å². The second-order valence-electron chi connectivity index (χ2n) is 8.09. The van der Waals surface area contributed by atoms with Gasteiger partial charge in [0, 0.05) is 36.8 Å². The van der Waals surface area contributed by atoms with Crippen LogP contribution in [0, 0.1) is 13.8 Å². The zero-order chi connectivity index (χ0) is 19.9. The maximum Gasteiger partial charge on any atom is 0.271 e. The first-order valence-electron chi connectivity index (χ1n) is 9.80. The topological polar surface area (TPSA) is 66.8 Å². The summed E-state index contributed by atoms with van der Waals surface area (Å²) in [5.74, 6) is 0.0137. The van der Waals surface area contributed by atoms with Gasteiger partial charge in [-0.1, -0.05) is 37.3 Å². The number of hydrogen-bond donors (Lipinski definition) is 1. The Morgan fingerprint density at radius 2 is 1.96 bits per heavy atom. The fourth-order valence-corrected chi connectivity index (χ4v) is 4.36. The molecule has 0 bridgehead atoms. The monoisotopic (exact) mass is 377 g/mol. The van der Waals surface area contributed by atoms with Crippen molar-refractivity contribution in [1.82, 2.24) is 24.9 Å². The van der Waals surface area contributed by atoms with Crippen LogP contribution in [-0.2, 0) is 12.5 Å². The van der Waals surface area contributed by atoms with Crippen LogP contribution in [0.4, 0.5) is 0 Å². The van der Waals surface area contributed by atoms with Crippen molar-refractivity contribution in [2.45, 2.75) is 39.0 Å². The van der Waals surface area contributed by atoms with E-state index < -0.39 is 0 Å². The first-order chi connectivity index (χ1) is 13.4. The standard InChI is InChI=1S/C22H27N5O/c1-15-20(16(2)26(4)25-15)18-13-19(24-23-18)21(28)27-12-8-11-22(3,14-27)17-9-6-5-7-10-17/h5-7,9-10,13H,8,11-12,14H2,1-4H3,(H,23,24)/t22-/m0/s1. The normalized spacial score (nSPS) is 19.8. The Kier molecular flexibility index (Phi) is 4.57. The minimum atomic E-state index is -0.0193. The van der Waals surface area contributed by atoms with Crippen LogP contribution in [0.25, 0.3) is 11.3 Å². The van der Waals surface area contributed by atoms with E-state index in [1.165, 1.54) is 5.56 Å². The molecule has 0 radical (unpaired) electrons. The van der Waals surface area contributed by atoms with E-state index in [1.807, 2.05) is 42.6 Å². The molecule has 6 nitrogen and oxygen atoms in total. The quantitative estimate of drug-likeness (QED) is 0.758. The number of rotatable bonds is 3. The van der Waals surface area contributed by atoms with E-state index in [4.69, 9.17) is 0 Å². The van der Waals surface area contributed by atoms with E-state index in [0.717, 1.165) is 48.6 Å². The molecule has 146 valence electrons. The van der Waals surface area contributed by atoms with Gasteiger partial charge in [0.25, 0.3) is 5.91 Å². The van der Waals surface area contributed by atoms with Crippen molar-refractivity contribution in [2.75, 3.05) is 13.1 Å². The highest BCUT2D eigenvalue weighted by atomic mass is 16.2. The van der Waals surface area contributed by atoms with Gasteiger partial charge < -0.3 is 4.90 Å². The summed E-state index contributed by atoms with van der Waals surface area (Å²) in [5, 5.41) is 11.8. The Balaban J connectivity index is 1.58. The molecule has 3 heterocycles. The van der Waals surface area contributed by atoms with Crippen LogP contribution in [0.3, 0.4) is 0 Å². The van der Waals surface area contributed by atoms with Gasteiger partial charge in [0.15, 0.2) is 0 Å². The van der Waals surface area contributed by atoms with Gasteiger partial charge in [0.1, 0.15) is 5.69 Å². The minimum absolute atomic E-state index is 0.0137. The number of piperidine rings is 1. The molecule has 4 rings (SSSR count). The Morgan fingerprint density at radius 1 is 1.21 bits per heavy atom. The van der Waals surface area contributed by atoms with E-state index in [1.54, 1.807) is 0 Å². The second kappa shape index (κ2) is 6.93. The molecule has 1 N–H and O–H groups in total. The molecular weight excluding hydrogens is 350 g/mol. The predicted molar refractivity (Wildman–Crippen MR) is 109 cm³/mol. The third-order valence-corrected chi connectivity index (χ3v) is 6.03. The number of amides is 1. The van der Waals surface area contributed by atoms with Crippen LogP contribution in [-0.4, -0.2) is 43.9 Å². The lowest BCUT2D eigenvalue weighted by atomic mass is 9.76. The third-order valence-electron chi connectivity index (χ3n) is 6.03. The average molecular weight is 377 g/mol. The van der Waals surface area contributed by atoms with Crippen molar-refractivity contribution in [3.63, 3.8) is 0 Å². The molecule has 1 aliphatic heterocycles. The molecule has 1 amide bonds. The van der Waals surface area contributed by atoms with E-state index >= 15 is 0 Å². The lowest BCUT2D eigenvalue weighted by molar-refractivity contribution is 0.0645. The number of aryl methyl sites for hydroxylation is 2. The highest BCUT2D eigenvalue weighted by Gasteiger charge is 2.35. The largest absolute Gasteiger partial charge is 0.336 e. The van der Waals surface area contributed by atoms with Crippen LogP contribution in [0.15, 0.2) is 36.4 Å². The van der Waals surface area contributed by atoms with Gasteiger partial charge in [-0.2, -0.15) is 10.2 Å². The van der Waals surface area contributed by atoms with Crippen LogP contribution >= 0.6 is 0 Å². The van der Waals surface area contributed by atoms with Gasteiger partial charge in [-0.05, 0) is 38.3 Å². The smallest absolute Gasteiger partial charge is 0.271 e. The zero-order valence-corrected chi connectivity index (χ0v) is 17.0. The fourth-order valence-electron chi connectivity index (χ4n) is 4.36. The number of hydrogen-bond acceptors (Lipinski definition) is 3. The minimum Gasteiger partial charge on any atom is -0.336 e. The number of benzene rings is 1. The molecule has 0 spiro atoms. The van der Waals surface area contributed by atoms with Gasteiger partial charge in [0.2, 0.25) is 0 Å². The molecule has 0 aliphatic carbocycles.